The number of aliphatic carboxylic acids is 1. The largest absolute Gasteiger partial charge is 0.481 e. The number of carboxylic acid groups (broad SMARTS) is 1. The van der Waals surface area contributed by atoms with Gasteiger partial charge in [0.25, 0.3) is 0 Å². The fourth-order valence-electron chi connectivity index (χ4n) is 3.55. The molecule has 2 aromatic carbocycles. The van der Waals surface area contributed by atoms with Gasteiger partial charge in [-0.3, -0.25) is 4.79 Å². The van der Waals surface area contributed by atoms with Gasteiger partial charge in [0.15, 0.2) is 0 Å². The third-order valence-corrected chi connectivity index (χ3v) is 7.26. The predicted octanol–water partition coefficient (Wildman–Crippen LogP) is 7.67. The molecule has 0 aliphatic rings. The minimum absolute atomic E-state index is 0.0989. The predicted molar refractivity (Wildman–Crippen MR) is 120 cm³/mol. The van der Waals surface area contributed by atoms with Crippen molar-refractivity contribution in [1.29, 1.82) is 0 Å². The van der Waals surface area contributed by atoms with Crippen molar-refractivity contribution in [2.75, 3.05) is 0 Å². The Morgan fingerprint density at radius 1 is 1.03 bits per heavy atom. The summed E-state index contributed by atoms with van der Waals surface area (Å²) in [5, 5.41) is 8.67. The number of benzene rings is 2. The van der Waals surface area contributed by atoms with Gasteiger partial charge in [0.2, 0.25) is 4.33 Å². The smallest absolute Gasteiger partial charge is 0.421 e. The van der Waals surface area contributed by atoms with Crippen LogP contribution in [0.3, 0.4) is 0 Å². The van der Waals surface area contributed by atoms with Gasteiger partial charge < -0.3 is 5.11 Å². The van der Waals surface area contributed by atoms with E-state index in [9.17, 15) is 23.1 Å². The highest BCUT2D eigenvalue weighted by molar-refractivity contribution is 6.49. The zero-order valence-corrected chi connectivity index (χ0v) is 19.6. The van der Waals surface area contributed by atoms with E-state index in [0.29, 0.717) is 0 Å². The lowest BCUT2D eigenvalue weighted by molar-refractivity contribution is -0.148. The topological polar surface area (TPSA) is 37.3 Å². The number of alkyl halides is 6. The van der Waals surface area contributed by atoms with Crippen LogP contribution in [0, 0.1) is 18.3 Å². The number of hydrogen-bond acceptors (Lipinski definition) is 1. The highest BCUT2D eigenvalue weighted by Crippen LogP contribution is 2.49. The first kappa shape index (κ1) is 25.8. The molecule has 1 N–H and O–H groups in total. The van der Waals surface area contributed by atoms with Crippen molar-refractivity contribution in [3.63, 3.8) is 0 Å². The molecule has 31 heavy (non-hydrogen) atoms. The van der Waals surface area contributed by atoms with Crippen LogP contribution in [0.15, 0.2) is 48.5 Å². The van der Waals surface area contributed by atoms with E-state index >= 15 is 0 Å². The third kappa shape index (κ3) is 5.88. The van der Waals surface area contributed by atoms with E-state index in [4.69, 9.17) is 34.8 Å². The summed E-state index contributed by atoms with van der Waals surface area (Å²) in [7, 11) is 0. The Bertz CT molecular complexity index is 912. The standard InChI is InChI=1S/C23H24Cl3F3O2/c1-14-16(10-7-11-17(14)15-8-5-4-6-9-15)12-18(20(30)31)21(2,3)19(24)13-22(25,26)23(27,28)29/h4-11,18-19H,12-13H2,1-3H3,(H,30,31). The second kappa shape index (κ2) is 9.60. The molecular weight excluding hydrogens is 472 g/mol. The third-order valence-electron chi connectivity index (χ3n) is 5.81. The van der Waals surface area contributed by atoms with Gasteiger partial charge in [-0.1, -0.05) is 85.6 Å². The van der Waals surface area contributed by atoms with E-state index < -0.39 is 39.6 Å². The zero-order valence-electron chi connectivity index (χ0n) is 17.3. The van der Waals surface area contributed by atoms with Crippen molar-refractivity contribution >= 4 is 40.8 Å². The van der Waals surface area contributed by atoms with E-state index in [-0.39, 0.29) is 6.42 Å². The van der Waals surface area contributed by atoms with Gasteiger partial charge >= 0.3 is 12.1 Å². The summed E-state index contributed by atoms with van der Waals surface area (Å²) in [4.78, 5) is 12.1. The van der Waals surface area contributed by atoms with E-state index in [0.717, 1.165) is 22.3 Å². The maximum atomic E-state index is 13.1. The normalized spacial score (nSPS) is 14.9. The fourth-order valence-corrected chi connectivity index (χ4v) is 4.40. The Kier molecular flexibility index (Phi) is 8.00. The molecule has 0 heterocycles. The van der Waals surface area contributed by atoms with Gasteiger partial charge in [-0.05, 0) is 41.0 Å². The summed E-state index contributed by atoms with van der Waals surface area (Å²) in [6.45, 7) is 4.95. The number of rotatable bonds is 8. The molecule has 0 saturated carbocycles. The molecule has 0 aromatic heterocycles. The molecule has 2 rings (SSSR count). The number of carboxylic acids is 1. The average molecular weight is 496 g/mol. The maximum absolute atomic E-state index is 13.1. The summed E-state index contributed by atoms with van der Waals surface area (Å²) < 4.78 is 36.3. The fraction of sp³-hybridized carbons (Fsp3) is 0.435. The van der Waals surface area contributed by atoms with Gasteiger partial charge in [-0.15, -0.1) is 11.6 Å². The molecule has 170 valence electrons. The minimum atomic E-state index is -4.89. The van der Waals surface area contributed by atoms with Crippen molar-refractivity contribution in [2.45, 2.75) is 49.5 Å². The van der Waals surface area contributed by atoms with Crippen LogP contribution in [-0.2, 0) is 11.2 Å². The molecule has 2 unspecified atom stereocenters. The van der Waals surface area contributed by atoms with E-state index in [2.05, 4.69) is 0 Å². The first-order valence-corrected chi connectivity index (χ1v) is 10.8. The molecular formula is C23H24Cl3F3O2. The second-order valence-electron chi connectivity index (χ2n) is 8.25. The summed E-state index contributed by atoms with van der Waals surface area (Å²) >= 11 is 17.3. The van der Waals surface area contributed by atoms with Crippen LogP contribution < -0.4 is 0 Å². The van der Waals surface area contributed by atoms with Crippen LogP contribution in [0.1, 0.15) is 31.4 Å². The number of halogens is 6. The lowest BCUT2D eigenvalue weighted by Crippen LogP contribution is -2.45. The van der Waals surface area contributed by atoms with Crippen molar-refractivity contribution in [1.82, 2.24) is 0 Å². The van der Waals surface area contributed by atoms with Crippen molar-refractivity contribution in [2.24, 2.45) is 11.3 Å². The summed E-state index contributed by atoms with van der Waals surface area (Å²) in [5.41, 5.74) is 2.40. The lowest BCUT2D eigenvalue weighted by atomic mass is 9.71. The molecule has 0 aliphatic carbocycles. The van der Waals surface area contributed by atoms with Gasteiger partial charge in [0, 0.05) is 11.8 Å². The van der Waals surface area contributed by atoms with Gasteiger partial charge in [-0.2, -0.15) is 13.2 Å². The first-order valence-electron chi connectivity index (χ1n) is 9.64. The highest BCUT2D eigenvalue weighted by atomic mass is 35.5. The molecule has 0 amide bonds. The van der Waals surface area contributed by atoms with Crippen LogP contribution in [-0.4, -0.2) is 27.0 Å². The van der Waals surface area contributed by atoms with Crippen LogP contribution in [0.4, 0.5) is 13.2 Å². The SMILES string of the molecule is Cc1c(CC(C(=O)O)C(C)(C)C(Cl)CC(Cl)(Cl)C(F)(F)F)cccc1-c1ccccc1. The van der Waals surface area contributed by atoms with Crippen LogP contribution >= 0.6 is 34.8 Å². The molecule has 0 bridgehead atoms. The molecule has 2 aromatic rings. The first-order chi connectivity index (χ1) is 14.2. The number of hydrogen-bond donors (Lipinski definition) is 1. The quantitative estimate of drug-likeness (QED) is 0.382. The molecule has 0 radical (unpaired) electrons. The van der Waals surface area contributed by atoms with Gasteiger partial charge in [0.05, 0.1) is 5.92 Å². The average Bonchev–Trinajstić information content (AvgIpc) is 2.66. The number of carbonyl (C=O) groups is 1. The van der Waals surface area contributed by atoms with Crippen LogP contribution in [0.2, 0.25) is 0 Å². The van der Waals surface area contributed by atoms with Crippen molar-refractivity contribution in [3.05, 3.63) is 59.7 Å². The molecule has 0 spiro atoms. The molecule has 0 saturated heterocycles. The maximum Gasteiger partial charge on any atom is 0.421 e. The lowest BCUT2D eigenvalue weighted by Gasteiger charge is -2.38. The Morgan fingerprint density at radius 3 is 2.13 bits per heavy atom. The van der Waals surface area contributed by atoms with Gasteiger partial charge in [-0.25, -0.2) is 0 Å². The molecule has 8 heteroatoms. The summed E-state index contributed by atoms with van der Waals surface area (Å²) in [5.74, 6) is -2.21. The Labute approximate surface area is 195 Å². The monoisotopic (exact) mass is 494 g/mol. The highest BCUT2D eigenvalue weighted by Gasteiger charge is 2.55. The molecule has 2 nitrogen and oxygen atoms in total. The second-order valence-corrected chi connectivity index (χ2v) is 10.3. The van der Waals surface area contributed by atoms with Crippen molar-refractivity contribution < 1.29 is 23.1 Å². The van der Waals surface area contributed by atoms with Crippen LogP contribution in [0.5, 0.6) is 0 Å². The van der Waals surface area contributed by atoms with E-state index in [1.807, 2.05) is 55.5 Å². The molecule has 0 aliphatic heterocycles. The zero-order chi connectivity index (χ0) is 23.6. The van der Waals surface area contributed by atoms with Crippen LogP contribution in [0.25, 0.3) is 11.1 Å². The Hall–Kier alpha value is -1.43. The summed E-state index contributed by atoms with van der Waals surface area (Å²) in [6.07, 6.45) is -5.62. The minimum Gasteiger partial charge on any atom is -0.481 e. The van der Waals surface area contributed by atoms with E-state index in [1.165, 1.54) is 13.8 Å². The molecule has 2 atom stereocenters. The van der Waals surface area contributed by atoms with E-state index in [1.54, 1.807) is 0 Å². The van der Waals surface area contributed by atoms with Gasteiger partial charge in [0.1, 0.15) is 0 Å². The summed E-state index contributed by atoms with van der Waals surface area (Å²) in [6, 6.07) is 15.2. The molecule has 0 fully saturated rings. The Morgan fingerprint density at radius 2 is 1.61 bits per heavy atom. The Balaban J connectivity index is 2.36. The van der Waals surface area contributed by atoms with Crippen molar-refractivity contribution in [3.8, 4) is 11.1 Å².